The number of aromatic nitrogens is 4. The third kappa shape index (κ3) is 19.5. The third-order valence-electron chi connectivity index (χ3n) is 15.1. The summed E-state index contributed by atoms with van der Waals surface area (Å²) in [4.78, 5) is 106. The van der Waals surface area contributed by atoms with Gasteiger partial charge >= 0.3 is 57.4 Å². The molecule has 4 aromatic heterocycles. The van der Waals surface area contributed by atoms with Gasteiger partial charge in [-0.1, -0.05) is 218 Å². The fourth-order valence-electron chi connectivity index (χ4n) is 10.6. The van der Waals surface area contributed by atoms with Gasteiger partial charge in [0.1, 0.15) is 0 Å². The topological polar surface area (TPSA) is 393 Å². The van der Waals surface area contributed by atoms with E-state index in [1.165, 1.54) is 48.5 Å². The molecule has 6 N–H and O–H groups in total. The number of hydrogen-bond donors (Lipinski definition) is 4. The van der Waals surface area contributed by atoms with E-state index in [0.717, 1.165) is 43.6 Å². The molecule has 0 aliphatic carbocycles. The van der Waals surface area contributed by atoms with Crippen molar-refractivity contribution in [2.75, 3.05) is 0 Å². The van der Waals surface area contributed by atoms with E-state index >= 15 is 0 Å². The van der Waals surface area contributed by atoms with Gasteiger partial charge < -0.3 is 65.5 Å². The maximum Gasteiger partial charge on any atom is 2.00 e. The number of carbonyl (C=O) groups excluding carboxylic acids is 4. The van der Waals surface area contributed by atoms with Gasteiger partial charge in [0.15, 0.2) is 0 Å². The van der Waals surface area contributed by atoms with Gasteiger partial charge in [0.2, 0.25) is 0 Å². The predicted molar refractivity (Wildman–Crippen MR) is 370 cm³/mol. The van der Waals surface area contributed by atoms with Crippen molar-refractivity contribution in [2.45, 2.75) is 0 Å². The number of carboxylic acid groups (broad SMARTS) is 8. The number of benzene rings is 10. The second kappa shape index (κ2) is 37.5. The molecule has 23 heteroatoms. The molecule has 0 amide bonds. The van der Waals surface area contributed by atoms with E-state index < -0.39 is 47.8 Å². The van der Waals surface area contributed by atoms with Gasteiger partial charge in [-0.25, -0.2) is 19.2 Å². The van der Waals surface area contributed by atoms with Gasteiger partial charge in [0, 0.05) is 68.6 Å². The Morgan fingerprint density at radius 2 is 0.359 bits per heavy atom. The third-order valence-corrected chi connectivity index (χ3v) is 15.1. The second-order valence-corrected chi connectivity index (χ2v) is 21.2. The Hall–Kier alpha value is -13.4. The Labute approximate surface area is 606 Å². The smallest absolute Gasteiger partial charge is 0.545 e. The molecular formula is C80H54Co2N4O17. The van der Waals surface area contributed by atoms with E-state index in [1.54, 1.807) is 170 Å². The average molecular weight is 1460 g/mol. The standard InChI is InChI=1S/4C14H10O4.2C12H8N2.2Co.H2O/c4*15-13(16)11-7-3-1-5-9(11)10-6-2-4-8-12(10)14(17)18;2*1-3-9-5-6-10-4-2-8-14-12(10)11(9)13-7-1;;;/h4*1-8H,(H,15,16)(H,17,18);2*1-8H;;;1H2/q;;;;;;2*+2;/p-4. The van der Waals surface area contributed by atoms with Crippen LogP contribution in [-0.2, 0) is 33.6 Å². The van der Waals surface area contributed by atoms with Crippen LogP contribution in [0.1, 0.15) is 82.9 Å². The zero-order chi connectivity index (χ0) is 71.2. The van der Waals surface area contributed by atoms with Crippen LogP contribution in [0.2, 0.25) is 0 Å². The largest absolute Gasteiger partial charge is 2.00 e. The number of pyridine rings is 4. The van der Waals surface area contributed by atoms with Crippen LogP contribution >= 0.6 is 0 Å². The van der Waals surface area contributed by atoms with Crippen molar-refractivity contribution in [3.8, 4) is 44.5 Å². The van der Waals surface area contributed by atoms with Crippen molar-refractivity contribution >= 4 is 91.4 Å². The van der Waals surface area contributed by atoms with E-state index in [1.807, 2.05) is 24.3 Å². The molecule has 10 aromatic carbocycles. The first-order valence-corrected chi connectivity index (χ1v) is 30.0. The molecule has 14 rings (SSSR count). The average Bonchev–Trinajstić information content (AvgIpc) is 0.819. The Balaban J connectivity index is 0.000000193. The first kappa shape index (κ1) is 78.6. The molecule has 0 saturated carbocycles. The minimum atomic E-state index is -1.33. The monoisotopic (exact) mass is 1460 g/mol. The van der Waals surface area contributed by atoms with Crippen LogP contribution in [0.15, 0.2) is 292 Å². The molecule has 21 nitrogen and oxygen atoms in total. The summed E-state index contributed by atoms with van der Waals surface area (Å²) in [6.07, 6.45) is 7.21. The molecule has 103 heavy (non-hydrogen) atoms. The number of hydrogen-bond acceptors (Lipinski definition) is 16. The van der Waals surface area contributed by atoms with Crippen molar-refractivity contribution in [3.05, 3.63) is 336 Å². The van der Waals surface area contributed by atoms with Crippen LogP contribution in [0.5, 0.6) is 0 Å². The van der Waals surface area contributed by atoms with Gasteiger partial charge in [0.05, 0.1) is 68.2 Å². The summed E-state index contributed by atoms with van der Waals surface area (Å²) >= 11 is 0. The van der Waals surface area contributed by atoms with Crippen LogP contribution in [0, 0.1) is 0 Å². The van der Waals surface area contributed by atoms with Gasteiger partial charge in [-0.15, -0.1) is 0 Å². The van der Waals surface area contributed by atoms with Crippen molar-refractivity contribution in [3.63, 3.8) is 0 Å². The zero-order valence-corrected chi connectivity index (χ0v) is 55.4. The number of fused-ring (bicyclic) bond motifs is 6. The van der Waals surface area contributed by atoms with Crippen LogP contribution in [-0.4, -0.2) is 93.6 Å². The van der Waals surface area contributed by atoms with Gasteiger partial charge in [0.25, 0.3) is 0 Å². The molecule has 14 aromatic rings. The van der Waals surface area contributed by atoms with E-state index in [4.69, 9.17) is 20.4 Å². The molecular weight excluding hydrogens is 1410 g/mol. The summed E-state index contributed by atoms with van der Waals surface area (Å²) in [6, 6.07) is 74.0. The molecule has 2 radical (unpaired) electrons. The molecule has 0 bridgehead atoms. The normalized spacial score (nSPS) is 9.94. The molecule has 4 heterocycles. The first-order valence-electron chi connectivity index (χ1n) is 30.0. The molecule has 514 valence electrons. The van der Waals surface area contributed by atoms with Gasteiger partial charge in [-0.2, -0.15) is 0 Å². The van der Waals surface area contributed by atoms with E-state index in [-0.39, 0.29) is 83.5 Å². The van der Waals surface area contributed by atoms with Crippen molar-refractivity contribution in [1.29, 1.82) is 0 Å². The number of nitrogens with zero attached hydrogens (tertiary/aromatic N) is 4. The summed E-state index contributed by atoms with van der Waals surface area (Å²) < 4.78 is 0. The van der Waals surface area contributed by atoms with Gasteiger partial charge in [-0.3, -0.25) is 19.9 Å². The summed E-state index contributed by atoms with van der Waals surface area (Å²) in [5, 5.41) is 85.0. The van der Waals surface area contributed by atoms with E-state index in [2.05, 4.69) is 68.5 Å². The molecule has 0 aliphatic rings. The molecule has 0 atom stereocenters. The molecule has 0 aliphatic heterocycles. The maximum absolute atomic E-state index is 11.1. The van der Waals surface area contributed by atoms with E-state index in [0.29, 0.717) is 44.5 Å². The fourth-order valence-corrected chi connectivity index (χ4v) is 10.6. The maximum atomic E-state index is 11.1. The SMILES string of the molecule is O.O=C([O-])c1ccccc1-c1ccccc1C(=O)O.O=C([O-])c1ccccc1-c1ccccc1C(=O)O.O=C([O-])c1ccccc1-c1ccccc1C(=O)O.O=C([O-])c1ccccc1-c1ccccc1C(=O)O.[Co+2].[Co+2].c1cnc2c(c1)ccc1cccnc12.c1cnc2c(c1)ccc1cccnc12. The van der Waals surface area contributed by atoms with Gasteiger partial charge in [-0.05, 0) is 93.0 Å². The fraction of sp³-hybridized carbons (Fsp3) is 0. The summed E-state index contributed by atoms with van der Waals surface area (Å²) in [5.41, 5.74) is 6.90. The predicted octanol–water partition coefficient (Wildman–Crippen LogP) is 10.4. The van der Waals surface area contributed by atoms with Crippen LogP contribution < -0.4 is 20.4 Å². The van der Waals surface area contributed by atoms with Crippen molar-refractivity contribution in [2.24, 2.45) is 0 Å². The summed E-state index contributed by atoms with van der Waals surface area (Å²) in [5.74, 6) is -9.71. The Kier molecular flexibility index (Phi) is 28.6. The Morgan fingerprint density at radius 3 is 0.515 bits per heavy atom. The molecule has 0 unspecified atom stereocenters. The van der Waals surface area contributed by atoms with Crippen molar-refractivity contribution < 1.29 is 118 Å². The van der Waals surface area contributed by atoms with E-state index in [9.17, 15) is 58.8 Å². The number of carbonyl (C=O) groups is 8. The first-order chi connectivity index (χ1) is 48.3. The quantitative estimate of drug-likeness (QED) is 0.0826. The summed E-state index contributed by atoms with van der Waals surface area (Å²) in [7, 11) is 0. The Bertz CT molecular complexity index is 4540. The number of carboxylic acids is 8. The molecule has 0 fully saturated rings. The zero-order valence-electron chi connectivity index (χ0n) is 53.4. The van der Waals surface area contributed by atoms with Crippen molar-refractivity contribution in [1.82, 2.24) is 19.9 Å². The van der Waals surface area contributed by atoms with Crippen LogP contribution in [0.25, 0.3) is 88.1 Å². The summed E-state index contributed by atoms with van der Waals surface area (Å²) in [6.45, 7) is 0. The molecule has 0 saturated heterocycles. The van der Waals surface area contributed by atoms with Crippen LogP contribution in [0.4, 0.5) is 0 Å². The molecule has 0 spiro atoms. The number of rotatable bonds is 12. The Morgan fingerprint density at radius 1 is 0.214 bits per heavy atom. The second-order valence-electron chi connectivity index (χ2n) is 21.2. The minimum absolute atomic E-state index is 0. The number of aromatic carboxylic acids is 8. The van der Waals surface area contributed by atoms with Crippen LogP contribution in [0.3, 0.4) is 0 Å². The minimum Gasteiger partial charge on any atom is -0.545 e.